The van der Waals surface area contributed by atoms with Crippen LogP contribution in [-0.4, -0.2) is 43.0 Å². The third kappa shape index (κ3) is 3.65. The normalized spacial score (nSPS) is 10.1. The van der Waals surface area contributed by atoms with Gasteiger partial charge in [0.05, 0.1) is 12.0 Å². The number of nitrogens with two attached hydrogens (primary N) is 1. The van der Waals surface area contributed by atoms with Crippen LogP contribution in [0.15, 0.2) is 18.2 Å². The Hall–Kier alpha value is -2.15. The molecule has 0 fully saturated rings. The van der Waals surface area contributed by atoms with E-state index in [2.05, 4.69) is 0 Å². The fourth-order valence-electron chi connectivity index (χ4n) is 1.62. The van der Waals surface area contributed by atoms with Gasteiger partial charge in [0, 0.05) is 25.2 Å². The summed E-state index contributed by atoms with van der Waals surface area (Å²) in [5, 5.41) is 10.9. The van der Waals surface area contributed by atoms with Crippen molar-refractivity contribution in [1.29, 1.82) is 0 Å². The van der Waals surface area contributed by atoms with Crippen LogP contribution in [0.3, 0.4) is 0 Å². The Morgan fingerprint density at radius 1 is 1.53 bits per heavy atom. The molecule has 0 aliphatic carbocycles. The number of rotatable bonds is 6. The molecular weight excluding hydrogens is 250 g/mol. The van der Waals surface area contributed by atoms with Crippen molar-refractivity contribution in [2.45, 2.75) is 6.42 Å². The number of nitro groups is 1. The lowest BCUT2D eigenvalue weighted by molar-refractivity contribution is -0.385. The Morgan fingerprint density at radius 3 is 2.74 bits per heavy atom. The van der Waals surface area contributed by atoms with Crippen LogP contribution in [0.2, 0.25) is 0 Å². The lowest BCUT2D eigenvalue weighted by atomic mass is 10.1. The molecule has 1 rings (SSSR count). The van der Waals surface area contributed by atoms with Crippen LogP contribution in [-0.2, 0) is 0 Å². The first kappa shape index (κ1) is 14.9. The van der Waals surface area contributed by atoms with Gasteiger partial charge in [-0.15, -0.1) is 0 Å². The van der Waals surface area contributed by atoms with Crippen LogP contribution in [0.25, 0.3) is 0 Å². The van der Waals surface area contributed by atoms with Gasteiger partial charge in [-0.05, 0) is 25.1 Å². The summed E-state index contributed by atoms with van der Waals surface area (Å²) in [4.78, 5) is 23.8. The quantitative estimate of drug-likeness (QED) is 0.613. The second kappa shape index (κ2) is 6.69. The van der Waals surface area contributed by atoms with Gasteiger partial charge in [-0.2, -0.15) is 0 Å². The molecule has 0 aromatic heterocycles. The summed E-state index contributed by atoms with van der Waals surface area (Å²) < 4.78 is 4.88. The molecule has 0 aliphatic heterocycles. The first-order chi connectivity index (χ1) is 9.01. The predicted octanol–water partition coefficient (Wildman–Crippen LogP) is 1.02. The zero-order valence-electron chi connectivity index (χ0n) is 11.0. The van der Waals surface area contributed by atoms with Gasteiger partial charge in [0.25, 0.3) is 5.91 Å². The number of nitro benzene ring substituents is 1. The first-order valence-electron chi connectivity index (χ1n) is 5.79. The summed E-state index contributed by atoms with van der Waals surface area (Å²) in [6.07, 6.45) is 0.681. The molecule has 0 bridgehead atoms. The molecule has 1 aromatic carbocycles. The van der Waals surface area contributed by atoms with Crippen LogP contribution < -0.4 is 10.5 Å². The van der Waals surface area contributed by atoms with E-state index in [1.165, 1.54) is 30.2 Å². The van der Waals surface area contributed by atoms with E-state index in [0.29, 0.717) is 19.5 Å². The topological polar surface area (TPSA) is 98.7 Å². The molecule has 0 heterocycles. The number of ether oxygens (including phenoxy) is 1. The highest BCUT2D eigenvalue weighted by molar-refractivity contribution is 5.95. The Bertz CT molecular complexity index is 476. The monoisotopic (exact) mass is 267 g/mol. The molecule has 104 valence electrons. The zero-order valence-corrected chi connectivity index (χ0v) is 11.0. The number of nitrogens with zero attached hydrogens (tertiary/aromatic N) is 2. The van der Waals surface area contributed by atoms with Crippen molar-refractivity contribution in [2.24, 2.45) is 5.73 Å². The number of methoxy groups -OCH3 is 1. The standard InChI is InChI=1S/C12H17N3O4/c1-14(7-3-6-13)12(16)9-4-5-11(19-2)10(8-9)15(17)18/h4-5,8H,3,6-7,13H2,1-2H3. The van der Waals surface area contributed by atoms with E-state index in [1.54, 1.807) is 7.05 Å². The second-order valence-electron chi connectivity index (χ2n) is 4.01. The number of hydrogen-bond acceptors (Lipinski definition) is 5. The van der Waals surface area contributed by atoms with Crippen LogP contribution >= 0.6 is 0 Å². The Balaban J connectivity index is 2.98. The molecule has 1 amide bonds. The van der Waals surface area contributed by atoms with Gasteiger partial charge in [0.2, 0.25) is 0 Å². The third-order valence-electron chi connectivity index (χ3n) is 2.67. The van der Waals surface area contributed by atoms with E-state index < -0.39 is 4.92 Å². The number of carbonyl (C=O) groups is 1. The molecule has 7 nitrogen and oxygen atoms in total. The van der Waals surface area contributed by atoms with Gasteiger partial charge >= 0.3 is 5.69 Å². The summed E-state index contributed by atoms with van der Waals surface area (Å²) in [5.74, 6) is -0.148. The van der Waals surface area contributed by atoms with E-state index in [4.69, 9.17) is 10.5 Å². The number of hydrogen-bond donors (Lipinski definition) is 1. The van der Waals surface area contributed by atoms with Gasteiger partial charge in [-0.25, -0.2) is 0 Å². The minimum absolute atomic E-state index is 0.131. The van der Waals surface area contributed by atoms with Crippen molar-refractivity contribution in [3.63, 3.8) is 0 Å². The van der Waals surface area contributed by atoms with Crippen molar-refractivity contribution in [3.05, 3.63) is 33.9 Å². The Kier molecular flexibility index (Phi) is 5.25. The minimum Gasteiger partial charge on any atom is -0.490 e. The van der Waals surface area contributed by atoms with Crippen LogP contribution in [0.1, 0.15) is 16.8 Å². The molecule has 0 radical (unpaired) electrons. The smallest absolute Gasteiger partial charge is 0.311 e. The van der Waals surface area contributed by atoms with Crippen molar-refractivity contribution in [1.82, 2.24) is 4.90 Å². The van der Waals surface area contributed by atoms with Crippen LogP contribution in [0, 0.1) is 10.1 Å². The SMILES string of the molecule is COc1ccc(C(=O)N(C)CCCN)cc1[N+](=O)[O-]. The number of amides is 1. The summed E-state index contributed by atoms with van der Waals surface area (Å²) in [6.45, 7) is 0.996. The zero-order chi connectivity index (χ0) is 14.4. The largest absolute Gasteiger partial charge is 0.490 e. The summed E-state index contributed by atoms with van der Waals surface area (Å²) in [7, 11) is 2.98. The maximum Gasteiger partial charge on any atom is 0.311 e. The molecule has 0 unspecified atom stereocenters. The lowest BCUT2D eigenvalue weighted by Gasteiger charge is -2.16. The van der Waals surface area contributed by atoms with E-state index in [-0.39, 0.29) is 22.9 Å². The highest BCUT2D eigenvalue weighted by atomic mass is 16.6. The molecule has 0 aliphatic rings. The second-order valence-corrected chi connectivity index (χ2v) is 4.01. The predicted molar refractivity (Wildman–Crippen MR) is 70.3 cm³/mol. The van der Waals surface area contributed by atoms with Gasteiger partial charge < -0.3 is 15.4 Å². The van der Waals surface area contributed by atoms with E-state index >= 15 is 0 Å². The molecule has 19 heavy (non-hydrogen) atoms. The van der Waals surface area contributed by atoms with Gasteiger partial charge in [0.1, 0.15) is 0 Å². The van der Waals surface area contributed by atoms with Gasteiger partial charge in [0.15, 0.2) is 5.75 Å². The maximum absolute atomic E-state index is 12.0. The number of benzene rings is 1. The molecule has 0 atom stereocenters. The molecule has 0 saturated carbocycles. The molecule has 0 saturated heterocycles. The molecule has 7 heteroatoms. The van der Waals surface area contributed by atoms with Crippen molar-refractivity contribution >= 4 is 11.6 Å². The van der Waals surface area contributed by atoms with Gasteiger partial charge in [-0.3, -0.25) is 14.9 Å². The summed E-state index contributed by atoms with van der Waals surface area (Å²) >= 11 is 0. The summed E-state index contributed by atoms with van der Waals surface area (Å²) in [5.41, 5.74) is 5.41. The van der Waals surface area contributed by atoms with Crippen LogP contribution in [0.5, 0.6) is 5.75 Å². The minimum atomic E-state index is -0.574. The van der Waals surface area contributed by atoms with E-state index in [1.807, 2.05) is 0 Å². The maximum atomic E-state index is 12.0. The molecule has 2 N–H and O–H groups in total. The van der Waals surface area contributed by atoms with E-state index in [9.17, 15) is 14.9 Å². The Morgan fingerprint density at radius 2 is 2.21 bits per heavy atom. The molecular formula is C12H17N3O4. The Labute approximate surface area is 111 Å². The van der Waals surface area contributed by atoms with Crippen molar-refractivity contribution in [2.75, 3.05) is 27.2 Å². The van der Waals surface area contributed by atoms with Crippen LogP contribution in [0.4, 0.5) is 5.69 Å². The fraction of sp³-hybridized carbons (Fsp3) is 0.417. The number of carbonyl (C=O) groups excluding carboxylic acids is 1. The average Bonchev–Trinajstić information content (AvgIpc) is 2.42. The van der Waals surface area contributed by atoms with E-state index in [0.717, 1.165) is 0 Å². The first-order valence-corrected chi connectivity index (χ1v) is 5.79. The average molecular weight is 267 g/mol. The fourth-order valence-corrected chi connectivity index (χ4v) is 1.62. The summed E-state index contributed by atoms with van der Waals surface area (Å²) in [6, 6.07) is 4.15. The molecule has 1 aromatic rings. The highest BCUT2D eigenvalue weighted by Gasteiger charge is 2.19. The van der Waals surface area contributed by atoms with Gasteiger partial charge in [-0.1, -0.05) is 0 Å². The highest BCUT2D eigenvalue weighted by Crippen LogP contribution is 2.27. The third-order valence-corrected chi connectivity index (χ3v) is 2.67. The van der Waals surface area contributed by atoms with Crippen molar-refractivity contribution in [3.8, 4) is 5.75 Å². The van der Waals surface area contributed by atoms with Crippen molar-refractivity contribution < 1.29 is 14.5 Å². The lowest BCUT2D eigenvalue weighted by Crippen LogP contribution is -2.29. The molecule has 0 spiro atoms.